The lowest BCUT2D eigenvalue weighted by Crippen LogP contribution is -2.21. The highest BCUT2D eigenvalue weighted by Crippen LogP contribution is 2.16. The highest BCUT2D eigenvalue weighted by molar-refractivity contribution is 7.80. The SMILES string of the molecule is O=C1CC(CS)CCO1. The molecule has 1 saturated heterocycles. The molecule has 0 aromatic carbocycles. The van der Waals surface area contributed by atoms with Gasteiger partial charge >= 0.3 is 5.97 Å². The Morgan fingerprint density at radius 1 is 1.78 bits per heavy atom. The molecule has 1 fully saturated rings. The van der Waals surface area contributed by atoms with Crippen molar-refractivity contribution in [3.8, 4) is 0 Å². The first kappa shape index (κ1) is 6.93. The summed E-state index contributed by atoms with van der Waals surface area (Å²) in [6.07, 6.45) is 1.54. The molecule has 0 bridgehead atoms. The molecular formula is C6H10O2S. The van der Waals surface area contributed by atoms with Crippen molar-refractivity contribution in [3.63, 3.8) is 0 Å². The summed E-state index contributed by atoms with van der Waals surface area (Å²) in [4.78, 5) is 10.6. The Morgan fingerprint density at radius 3 is 3.00 bits per heavy atom. The van der Waals surface area contributed by atoms with Crippen molar-refractivity contribution in [2.75, 3.05) is 12.4 Å². The summed E-state index contributed by atoms with van der Waals surface area (Å²) >= 11 is 4.10. The van der Waals surface area contributed by atoms with E-state index >= 15 is 0 Å². The molecule has 0 amide bonds. The van der Waals surface area contributed by atoms with Gasteiger partial charge in [0.15, 0.2) is 0 Å². The number of hydrogen-bond acceptors (Lipinski definition) is 3. The van der Waals surface area contributed by atoms with Crippen LogP contribution in [0.2, 0.25) is 0 Å². The fourth-order valence-electron chi connectivity index (χ4n) is 0.892. The number of cyclic esters (lactones) is 1. The van der Waals surface area contributed by atoms with E-state index in [1.165, 1.54) is 0 Å². The highest BCUT2D eigenvalue weighted by atomic mass is 32.1. The predicted octanol–water partition coefficient (Wildman–Crippen LogP) is 0.869. The molecule has 0 N–H and O–H groups in total. The third-order valence-corrected chi connectivity index (χ3v) is 2.02. The number of rotatable bonds is 1. The van der Waals surface area contributed by atoms with E-state index in [2.05, 4.69) is 12.6 Å². The van der Waals surface area contributed by atoms with E-state index in [1.54, 1.807) is 0 Å². The van der Waals surface area contributed by atoms with Crippen LogP contribution in [-0.2, 0) is 9.53 Å². The maximum absolute atomic E-state index is 10.6. The first-order valence-electron chi connectivity index (χ1n) is 3.09. The minimum Gasteiger partial charge on any atom is -0.466 e. The van der Waals surface area contributed by atoms with Gasteiger partial charge in [0.1, 0.15) is 0 Å². The van der Waals surface area contributed by atoms with Gasteiger partial charge < -0.3 is 4.74 Å². The Kier molecular flexibility index (Phi) is 2.39. The molecule has 0 spiro atoms. The van der Waals surface area contributed by atoms with Crippen LogP contribution >= 0.6 is 12.6 Å². The fourth-order valence-corrected chi connectivity index (χ4v) is 1.20. The van der Waals surface area contributed by atoms with Crippen LogP contribution in [0.3, 0.4) is 0 Å². The number of carbonyl (C=O) groups is 1. The maximum atomic E-state index is 10.6. The predicted molar refractivity (Wildman–Crippen MR) is 37.5 cm³/mol. The summed E-state index contributed by atoms with van der Waals surface area (Å²) in [6.45, 7) is 0.587. The first-order chi connectivity index (χ1) is 4.33. The van der Waals surface area contributed by atoms with Crippen molar-refractivity contribution in [1.82, 2.24) is 0 Å². The molecule has 2 nitrogen and oxygen atoms in total. The van der Waals surface area contributed by atoms with Crippen molar-refractivity contribution in [3.05, 3.63) is 0 Å². The summed E-state index contributed by atoms with van der Waals surface area (Å²) in [5.74, 6) is 1.18. The highest BCUT2D eigenvalue weighted by Gasteiger charge is 2.18. The largest absolute Gasteiger partial charge is 0.466 e. The number of carbonyl (C=O) groups excluding carboxylic acids is 1. The number of thiol groups is 1. The fraction of sp³-hybridized carbons (Fsp3) is 0.833. The number of ether oxygens (including phenoxy) is 1. The molecular weight excluding hydrogens is 136 g/mol. The van der Waals surface area contributed by atoms with Gasteiger partial charge in [0.2, 0.25) is 0 Å². The Balaban J connectivity index is 2.32. The van der Waals surface area contributed by atoms with Crippen LogP contribution in [-0.4, -0.2) is 18.3 Å². The molecule has 1 aliphatic heterocycles. The monoisotopic (exact) mass is 146 g/mol. The summed E-state index contributed by atoms with van der Waals surface area (Å²) < 4.78 is 4.74. The Hall–Kier alpha value is -0.180. The smallest absolute Gasteiger partial charge is 0.306 e. The van der Waals surface area contributed by atoms with Crippen LogP contribution in [0.1, 0.15) is 12.8 Å². The molecule has 0 aromatic heterocycles. The lowest BCUT2D eigenvalue weighted by molar-refractivity contribution is -0.148. The quantitative estimate of drug-likeness (QED) is 0.439. The van der Waals surface area contributed by atoms with E-state index in [-0.39, 0.29) is 5.97 Å². The zero-order valence-electron chi connectivity index (χ0n) is 5.17. The van der Waals surface area contributed by atoms with Gasteiger partial charge in [0.25, 0.3) is 0 Å². The van der Waals surface area contributed by atoms with Crippen LogP contribution in [0.5, 0.6) is 0 Å². The van der Waals surface area contributed by atoms with E-state index in [0.29, 0.717) is 18.9 Å². The molecule has 52 valence electrons. The van der Waals surface area contributed by atoms with Crippen LogP contribution in [0.25, 0.3) is 0 Å². The summed E-state index contributed by atoms with van der Waals surface area (Å²) in [6, 6.07) is 0. The molecule has 1 unspecified atom stereocenters. The normalized spacial score (nSPS) is 27.7. The molecule has 9 heavy (non-hydrogen) atoms. The van der Waals surface area contributed by atoms with Crippen molar-refractivity contribution in [2.45, 2.75) is 12.8 Å². The van der Waals surface area contributed by atoms with E-state index in [0.717, 1.165) is 12.2 Å². The zero-order valence-corrected chi connectivity index (χ0v) is 6.06. The average Bonchev–Trinajstić information content (AvgIpc) is 1.88. The van der Waals surface area contributed by atoms with Crippen molar-refractivity contribution >= 4 is 18.6 Å². The van der Waals surface area contributed by atoms with Gasteiger partial charge in [-0.05, 0) is 18.1 Å². The molecule has 0 radical (unpaired) electrons. The topological polar surface area (TPSA) is 26.3 Å². The van der Waals surface area contributed by atoms with E-state index in [9.17, 15) is 4.79 Å². The first-order valence-corrected chi connectivity index (χ1v) is 3.72. The molecule has 0 aromatic rings. The molecule has 3 heteroatoms. The molecule has 1 atom stereocenters. The second-order valence-electron chi connectivity index (χ2n) is 2.26. The zero-order chi connectivity index (χ0) is 6.69. The van der Waals surface area contributed by atoms with Crippen molar-refractivity contribution in [2.24, 2.45) is 5.92 Å². The summed E-state index contributed by atoms with van der Waals surface area (Å²) in [7, 11) is 0. The van der Waals surface area contributed by atoms with Gasteiger partial charge in [-0.2, -0.15) is 12.6 Å². The van der Waals surface area contributed by atoms with E-state index in [1.807, 2.05) is 0 Å². The van der Waals surface area contributed by atoms with Gasteiger partial charge in [-0.25, -0.2) is 0 Å². The minimum absolute atomic E-state index is 0.0692. The lowest BCUT2D eigenvalue weighted by atomic mass is 10.0. The van der Waals surface area contributed by atoms with Gasteiger partial charge in [-0.1, -0.05) is 0 Å². The van der Waals surface area contributed by atoms with Gasteiger partial charge in [0.05, 0.1) is 6.61 Å². The second-order valence-corrected chi connectivity index (χ2v) is 2.63. The molecule has 0 aliphatic carbocycles. The van der Waals surface area contributed by atoms with Crippen LogP contribution in [0, 0.1) is 5.92 Å². The number of esters is 1. The van der Waals surface area contributed by atoms with Crippen LogP contribution in [0.15, 0.2) is 0 Å². The van der Waals surface area contributed by atoms with E-state index in [4.69, 9.17) is 4.74 Å². The summed E-state index contributed by atoms with van der Waals surface area (Å²) in [5, 5.41) is 0. The third kappa shape index (κ3) is 1.90. The molecule has 1 aliphatic rings. The van der Waals surface area contributed by atoms with Crippen molar-refractivity contribution in [1.29, 1.82) is 0 Å². The van der Waals surface area contributed by atoms with Crippen LogP contribution in [0.4, 0.5) is 0 Å². The molecule has 1 heterocycles. The Morgan fingerprint density at radius 2 is 2.56 bits per heavy atom. The average molecular weight is 146 g/mol. The second kappa shape index (κ2) is 3.11. The van der Waals surface area contributed by atoms with Gasteiger partial charge in [0, 0.05) is 6.42 Å². The van der Waals surface area contributed by atoms with Gasteiger partial charge in [-0.15, -0.1) is 0 Å². The third-order valence-electron chi connectivity index (χ3n) is 1.50. The molecule has 1 rings (SSSR count). The maximum Gasteiger partial charge on any atom is 0.306 e. The number of hydrogen-bond donors (Lipinski definition) is 1. The Bertz CT molecular complexity index is 114. The van der Waals surface area contributed by atoms with E-state index < -0.39 is 0 Å². The summed E-state index contributed by atoms with van der Waals surface area (Å²) in [5.41, 5.74) is 0. The molecule has 0 saturated carbocycles. The van der Waals surface area contributed by atoms with Crippen molar-refractivity contribution < 1.29 is 9.53 Å². The Labute approximate surface area is 60.0 Å². The van der Waals surface area contributed by atoms with Gasteiger partial charge in [-0.3, -0.25) is 4.79 Å². The minimum atomic E-state index is -0.0692. The lowest BCUT2D eigenvalue weighted by Gasteiger charge is -2.18. The standard InChI is InChI=1S/C6H10O2S/c7-6-3-5(4-9)1-2-8-6/h5,9H,1-4H2. The van der Waals surface area contributed by atoms with Crippen LogP contribution < -0.4 is 0 Å².